The molecule has 0 radical (unpaired) electrons. The molecule has 0 aromatic heterocycles. The number of aliphatic carboxylic acids is 1. The fraction of sp³-hybridized carbons (Fsp3) is 0.871. The third-order valence-corrected chi connectivity index (χ3v) is 11.2. The Hall–Kier alpha value is -1.32. The Labute approximate surface area is 213 Å². The summed E-state index contributed by atoms with van der Waals surface area (Å²) in [7, 11) is 0. The number of hydrogen-bond acceptors (Lipinski definition) is 3. The number of rotatable bonds is 9. The number of carbonyl (C=O) groups excluding carboxylic acids is 1. The lowest BCUT2D eigenvalue weighted by molar-refractivity contribution is -0.152. The van der Waals surface area contributed by atoms with Crippen molar-refractivity contribution in [2.45, 2.75) is 112 Å². The second-order valence-corrected chi connectivity index (χ2v) is 13.5. The van der Waals surface area contributed by atoms with E-state index >= 15 is 0 Å². The zero-order valence-electron chi connectivity index (χ0n) is 23.0. The molecule has 4 aliphatic rings. The summed E-state index contributed by atoms with van der Waals surface area (Å²) in [6.07, 6.45) is 16.0. The van der Waals surface area contributed by atoms with Gasteiger partial charge in [0, 0.05) is 0 Å². The maximum Gasteiger partial charge on any atom is 0.309 e. The van der Waals surface area contributed by atoms with E-state index in [4.69, 9.17) is 9.84 Å². The zero-order valence-corrected chi connectivity index (χ0v) is 23.0. The second-order valence-electron chi connectivity index (χ2n) is 13.5. The molecule has 3 fully saturated rings. The van der Waals surface area contributed by atoms with E-state index in [1.807, 2.05) is 0 Å². The Balaban J connectivity index is 1.41. The molecule has 0 aromatic rings. The van der Waals surface area contributed by atoms with Gasteiger partial charge < -0.3 is 9.84 Å². The van der Waals surface area contributed by atoms with Gasteiger partial charge >= 0.3 is 11.9 Å². The van der Waals surface area contributed by atoms with Crippen LogP contribution in [0, 0.1) is 52.3 Å². The largest absolute Gasteiger partial charge is 0.481 e. The molecule has 0 saturated heterocycles. The normalized spacial score (nSPS) is 39.3. The van der Waals surface area contributed by atoms with E-state index in [2.05, 4.69) is 40.7 Å². The molecule has 198 valence electrons. The number of fused-ring (bicyclic) bond motifs is 5. The van der Waals surface area contributed by atoms with Crippen molar-refractivity contribution in [3.63, 3.8) is 0 Å². The van der Waals surface area contributed by atoms with E-state index in [0.29, 0.717) is 5.41 Å². The van der Waals surface area contributed by atoms with E-state index in [9.17, 15) is 9.59 Å². The number of carboxylic acid groups (broad SMARTS) is 1. The van der Waals surface area contributed by atoms with Gasteiger partial charge in [-0.1, -0.05) is 65.5 Å². The minimum atomic E-state index is -0.918. The van der Waals surface area contributed by atoms with Gasteiger partial charge in [0.05, 0.1) is 12.3 Å². The number of esters is 1. The van der Waals surface area contributed by atoms with Crippen molar-refractivity contribution in [2.24, 2.45) is 52.3 Å². The molecule has 4 nitrogen and oxygen atoms in total. The molecule has 4 heteroatoms. The van der Waals surface area contributed by atoms with E-state index in [1.165, 1.54) is 56.9 Å². The van der Waals surface area contributed by atoms with Crippen LogP contribution in [-0.2, 0) is 14.3 Å². The van der Waals surface area contributed by atoms with Crippen LogP contribution in [0.2, 0.25) is 0 Å². The lowest BCUT2D eigenvalue weighted by Crippen LogP contribution is -2.50. The molecule has 35 heavy (non-hydrogen) atoms. The third-order valence-electron chi connectivity index (χ3n) is 11.2. The molecule has 3 saturated carbocycles. The number of hydrogen-bond donors (Lipinski definition) is 1. The molecule has 4 aliphatic carbocycles. The standard InChI is InChI=1S/C31H50O4/c1-20(2)7-6-8-21(3)25-11-12-26-24-10-9-23-19-22(29(34)35-18-15-28(32)33)13-16-30(23,4)27(24)14-17-31(25,26)5/h9,20-22,24-27H,6-8,10-19H2,1-5H3,(H,32,33)/t21-,22?,24+,25-,26+,27+,30+,31-/m1/s1. The van der Waals surface area contributed by atoms with Gasteiger partial charge in [-0.3, -0.25) is 9.59 Å². The predicted molar refractivity (Wildman–Crippen MR) is 140 cm³/mol. The molecule has 0 aromatic carbocycles. The summed E-state index contributed by atoms with van der Waals surface area (Å²) in [4.78, 5) is 23.4. The molecule has 0 amide bonds. The molecule has 4 rings (SSSR count). The Morgan fingerprint density at radius 2 is 1.83 bits per heavy atom. The molecule has 1 unspecified atom stereocenters. The van der Waals surface area contributed by atoms with Gasteiger partial charge in [0.2, 0.25) is 0 Å². The molecule has 0 bridgehead atoms. The Kier molecular flexibility index (Phi) is 8.08. The van der Waals surface area contributed by atoms with Crippen LogP contribution >= 0.6 is 0 Å². The van der Waals surface area contributed by atoms with Crippen LogP contribution in [-0.4, -0.2) is 23.7 Å². The second kappa shape index (κ2) is 10.6. The quantitative estimate of drug-likeness (QED) is 0.268. The summed E-state index contributed by atoms with van der Waals surface area (Å²) in [6.45, 7) is 12.4. The van der Waals surface area contributed by atoms with Crippen LogP contribution in [0.4, 0.5) is 0 Å². The summed E-state index contributed by atoms with van der Waals surface area (Å²) in [5, 5.41) is 8.82. The van der Waals surface area contributed by atoms with Crippen LogP contribution in [0.1, 0.15) is 112 Å². The van der Waals surface area contributed by atoms with Gasteiger partial charge in [0.1, 0.15) is 6.61 Å². The van der Waals surface area contributed by atoms with Crippen molar-refractivity contribution in [1.82, 2.24) is 0 Å². The highest BCUT2D eigenvalue weighted by molar-refractivity contribution is 5.74. The van der Waals surface area contributed by atoms with E-state index in [-0.39, 0.29) is 30.3 Å². The van der Waals surface area contributed by atoms with Gasteiger partial charge in [0.15, 0.2) is 0 Å². The van der Waals surface area contributed by atoms with Crippen molar-refractivity contribution < 1.29 is 19.4 Å². The number of ether oxygens (including phenoxy) is 1. The summed E-state index contributed by atoms with van der Waals surface area (Å²) in [5.74, 6) is 3.73. The van der Waals surface area contributed by atoms with Gasteiger partial charge in [-0.25, -0.2) is 0 Å². The smallest absolute Gasteiger partial charge is 0.309 e. The average Bonchev–Trinajstić information content (AvgIpc) is 3.15. The van der Waals surface area contributed by atoms with E-state index in [0.717, 1.165) is 54.8 Å². The maximum absolute atomic E-state index is 12.6. The number of allylic oxidation sites excluding steroid dienone is 2. The Bertz CT molecular complexity index is 815. The minimum Gasteiger partial charge on any atom is -0.481 e. The molecular formula is C31H50O4. The van der Waals surface area contributed by atoms with E-state index in [1.54, 1.807) is 0 Å². The number of carbonyl (C=O) groups is 2. The fourth-order valence-electron chi connectivity index (χ4n) is 9.24. The van der Waals surface area contributed by atoms with Gasteiger partial charge in [0.25, 0.3) is 0 Å². The molecular weight excluding hydrogens is 436 g/mol. The van der Waals surface area contributed by atoms with Crippen molar-refractivity contribution in [2.75, 3.05) is 6.61 Å². The van der Waals surface area contributed by atoms with Crippen molar-refractivity contribution in [3.05, 3.63) is 11.6 Å². The first kappa shape index (κ1) is 26.7. The summed E-state index contributed by atoms with van der Waals surface area (Å²) in [5.41, 5.74) is 2.22. The van der Waals surface area contributed by atoms with Crippen molar-refractivity contribution in [3.8, 4) is 0 Å². The van der Waals surface area contributed by atoms with Gasteiger partial charge in [-0.05, 0) is 97.7 Å². The SMILES string of the molecule is CC(C)CCC[C@@H](C)[C@H]1CC[C@H]2[C@@H]3CC=C4CC(C(=O)OCCC(=O)O)CC[C@]4(C)[C@H]3CC[C@]12C. The first-order chi connectivity index (χ1) is 16.6. The van der Waals surface area contributed by atoms with Gasteiger partial charge in [-0.2, -0.15) is 0 Å². The van der Waals surface area contributed by atoms with Crippen LogP contribution in [0.3, 0.4) is 0 Å². The lowest BCUT2D eigenvalue weighted by atomic mass is 9.46. The van der Waals surface area contributed by atoms with Crippen LogP contribution in [0.15, 0.2) is 11.6 Å². The van der Waals surface area contributed by atoms with Crippen LogP contribution in [0.25, 0.3) is 0 Å². The zero-order chi connectivity index (χ0) is 25.4. The lowest BCUT2D eigenvalue weighted by Gasteiger charge is -2.58. The molecule has 0 aliphatic heterocycles. The molecule has 8 atom stereocenters. The third kappa shape index (κ3) is 5.23. The van der Waals surface area contributed by atoms with Crippen LogP contribution < -0.4 is 0 Å². The summed E-state index contributed by atoms with van der Waals surface area (Å²) in [6, 6.07) is 0. The Morgan fingerprint density at radius 1 is 1.06 bits per heavy atom. The van der Waals surface area contributed by atoms with E-state index < -0.39 is 5.97 Å². The molecule has 0 heterocycles. The Morgan fingerprint density at radius 3 is 2.54 bits per heavy atom. The summed E-state index contributed by atoms with van der Waals surface area (Å²) >= 11 is 0. The average molecular weight is 487 g/mol. The molecule has 0 spiro atoms. The minimum absolute atomic E-state index is 0.0109. The maximum atomic E-state index is 12.6. The first-order valence-corrected chi connectivity index (χ1v) is 14.6. The highest BCUT2D eigenvalue weighted by Gasteiger charge is 2.59. The first-order valence-electron chi connectivity index (χ1n) is 14.6. The molecule has 1 N–H and O–H groups in total. The van der Waals surface area contributed by atoms with Crippen LogP contribution in [0.5, 0.6) is 0 Å². The highest BCUT2D eigenvalue weighted by atomic mass is 16.5. The van der Waals surface area contributed by atoms with Crippen molar-refractivity contribution in [1.29, 1.82) is 0 Å². The predicted octanol–water partition coefficient (Wildman–Crippen LogP) is 7.66. The topological polar surface area (TPSA) is 63.6 Å². The van der Waals surface area contributed by atoms with Gasteiger partial charge in [-0.15, -0.1) is 0 Å². The fourth-order valence-corrected chi connectivity index (χ4v) is 9.24. The van der Waals surface area contributed by atoms with Crippen molar-refractivity contribution >= 4 is 11.9 Å². The monoisotopic (exact) mass is 486 g/mol. The number of carboxylic acids is 1. The summed E-state index contributed by atoms with van der Waals surface area (Å²) < 4.78 is 5.31. The highest BCUT2D eigenvalue weighted by Crippen LogP contribution is 2.67.